The minimum Gasteiger partial charge on any atom is -0.475 e. The fourth-order valence-electron chi connectivity index (χ4n) is 3.42. The van der Waals surface area contributed by atoms with Crippen LogP contribution in [0.15, 0.2) is 36.8 Å². The first-order valence-electron chi connectivity index (χ1n) is 8.73. The van der Waals surface area contributed by atoms with Crippen molar-refractivity contribution in [3.63, 3.8) is 0 Å². The summed E-state index contributed by atoms with van der Waals surface area (Å²) in [6, 6.07) is 5.39. The van der Waals surface area contributed by atoms with Crippen molar-refractivity contribution in [3.05, 3.63) is 47.9 Å². The summed E-state index contributed by atoms with van der Waals surface area (Å²) in [5.74, 6) is -0.233. The second-order valence-corrected chi connectivity index (χ2v) is 6.37. The number of nitrogen functional groups attached to an aromatic ring is 1. The normalized spacial score (nSPS) is 16.1. The highest BCUT2D eigenvalue weighted by molar-refractivity contribution is 6.20. The van der Waals surface area contributed by atoms with Crippen LogP contribution >= 0.6 is 0 Å². The summed E-state index contributed by atoms with van der Waals surface area (Å²) in [5, 5.41) is 0. The number of ketones is 1. The number of nitrogens with two attached hydrogens (primary N) is 1. The van der Waals surface area contributed by atoms with Crippen molar-refractivity contribution in [1.82, 2.24) is 9.97 Å². The van der Waals surface area contributed by atoms with E-state index in [0.29, 0.717) is 30.0 Å². The van der Waals surface area contributed by atoms with Crippen molar-refractivity contribution in [2.45, 2.75) is 13.3 Å². The zero-order chi connectivity index (χ0) is 19.1. The van der Waals surface area contributed by atoms with Gasteiger partial charge >= 0.3 is 0 Å². The number of Topliss-reactive ketones (excluding diaryl/α,β-unsaturated/α-hetero) is 1. The molecule has 0 bridgehead atoms. The molecule has 2 N–H and O–H groups in total. The maximum Gasteiger partial charge on any atom is 0.267 e. The van der Waals surface area contributed by atoms with Gasteiger partial charge in [-0.05, 0) is 24.6 Å². The summed E-state index contributed by atoms with van der Waals surface area (Å²) >= 11 is 0. The van der Waals surface area contributed by atoms with E-state index < -0.39 is 0 Å². The van der Waals surface area contributed by atoms with Crippen molar-refractivity contribution in [1.29, 1.82) is 0 Å². The first-order valence-corrected chi connectivity index (χ1v) is 8.73. The third kappa shape index (κ3) is 2.61. The lowest BCUT2D eigenvalue weighted by Gasteiger charge is -2.22. The van der Waals surface area contributed by atoms with Crippen molar-refractivity contribution in [2.24, 2.45) is 0 Å². The Kier molecular flexibility index (Phi) is 4.02. The molecule has 4 rings (SSSR count). The number of hydrogen-bond donors (Lipinski definition) is 1. The van der Waals surface area contributed by atoms with Crippen LogP contribution in [0.25, 0.3) is 0 Å². The predicted octanol–water partition coefficient (Wildman–Crippen LogP) is 2.02. The lowest BCUT2D eigenvalue weighted by Crippen LogP contribution is -2.32. The number of benzene rings is 1. The van der Waals surface area contributed by atoms with Gasteiger partial charge in [0.2, 0.25) is 11.7 Å². The number of allylic oxidation sites excluding steroid dienone is 1. The zero-order valence-electron chi connectivity index (χ0n) is 14.9. The van der Waals surface area contributed by atoms with Gasteiger partial charge in [-0.15, -0.1) is 0 Å². The van der Waals surface area contributed by atoms with Crippen LogP contribution in [0.5, 0.6) is 5.88 Å². The van der Waals surface area contributed by atoms with Crippen molar-refractivity contribution in [3.8, 4) is 5.88 Å². The number of hydrogen-bond acceptors (Lipinski definition) is 7. The van der Waals surface area contributed by atoms with Gasteiger partial charge in [0, 0.05) is 17.8 Å². The van der Waals surface area contributed by atoms with Gasteiger partial charge in [-0.2, -0.15) is 0 Å². The van der Waals surface area contributed by atoms with Gasteiger partial charge < -0.3 is 20.3 Å². The number of amides is 1. The molecule has 2 aromatic rings. The second-order valence-electron chi connectivity index (χ2n) is 6.37. The summed E-state index contributed by atoms with van der Waals surface area (Å²) in [6.07, 6.45) is 2.16. The Morgan fingerprint density at radius 2 is 2.11 bits per heavy atom. The minimum atomic E-state index is -0.352. The summed E-state index contributed by atoms with van der Waals surface area (Å²) in [7, 11) is 0. The minimum absolute atomic E-state index is 0.0663. The Morgan fingerprint density at radius 1 is 1.30 bits per heavy atom. The second kappa shape index (κ2) is 6.39. The molecule has 0 aliphatic carbocycles. The van der Waals surface area contributed by atoms with Crippen molar-refractivity contribution < 1.29 is 14.3 Å². The Bertz CT molecular complexity index is 972. The molecule has 0 spiro atoms. The predicted molar refractivity (Wildman–Crippen MR) is 101 cm³/mol. The summed E-state index contributed by atoms with van der Waals surface area (Å²) in [6.45, 7) is 7.23. The Hall–Kier alpha value is -3.42. The molecule has 0 saturated carbocycles. The SMILES string of the molecule is C=C1C(=O)c2cc(N3CCOc4ncnc(N)c4C3=O)ccc2N1CCC. The molecule has 0 unspecified atom stereocenters. The molecule has 2 aliphatic rings. The molecule has 1 aromatic heterocycles. The Morgan fingerprint density at radius 3 is 2.89 bits per heavy atom. The van der Waals surface area contributed by atoms with E-state index in [0.717, 1.165) is 12.1 Å². The Balaban J connectivity index is 1.75. The summed E-state index contributed by atoms with van der Waals surface area (Å²) in [5.41, 5.74) is 8.42. The average Bonchev–Trinajstić information content (AvgIpc) is 2.80. The maximum absolute atomic E-state index is 13.0. The van der Waals surface area contributed by atoms with Gasteiger partial charge in [-0.25, -0.2) is 9.97 Å². The molecule has 1 aromatic carbocycles. The molecule has 138 valence electrons. The van der Waals surface area contributed by atoms with Crippen LogP contribution in [0, 0.1) is 0 Å². The van der Waals surface area contributed by atoms with Crippen molar-refractivity contribution >= 4 is 28.9 Å². The molecule has 0 atom stereocenters. The molecule has 2 aliphatic heterocycles. The average molecular weight is 365 g/mol. The number of carbonyl (C=O) groups is 2. The highest BCUT2D eigenvalue weighted by atomic mass is 16.5. The summed E-state index contributed by atoms with van der Waals surface area (Å²) < 4.78 is 5.55. The number of aromatic nitrogens is 2. The van der Waals surface area contributed by atoms with E-state index in [9.17, 15) is 9.59 Å². The standard InChI is InChI=1S/C19H19N5O3/c1-3-6-23-11(2)16(25)13-9-12(4-5-14(13)23)24-7-8-27-18-15(19(24)26)17(20)21-10-22-18/h4-5,9-10H,2-3,6-8H2,1H3,(H2,20,21,22). The maximum atomic E-state index is 13.0. The van der Waals surface area contributed by atoms with E-state index >= 15 is 0 Å². The molecule has 1 amide bonds. The van der Waals surface area contributed by atoms with Crippen LogP contribution in [0.4, 0.5) is 17.2 Å². The van der Waals surface area contributed by atoms with Gasteiger partial charge in [0.15, 0.2) is 0 Å². The molecular formula is C19H19N5O3. The fourth-order valence-corrected chi connectivity index (χ4v) is 3.42. The molecule has 0 fully saturated rings. The highest BCUT2D eigenvalue weighted by Crippen LogP contribution is 2.37. The van der Waals surface area contributed by atoms with Gasteiger partial charge in [-0.3, -0.25) is 9.59 Å². The first-order chi connectivity index (χ1) is 13.0. The van der Waals surface area contributed by atoms with E-state index in [4.69, 9.17) is 10.5 Å². The van der Waals surface area contributed by atoms with Gasteiger partial charge in [0.1, 0.15) is 24.3 Å². The lowest BCUT2D eigenvalue weighted by atomic mass is 10.1. The molecular weight excluding hydrogens is 346 g/mol. The molecule has 0 saturated heterocycles. The fraction of sp³-hybridized carbons (Fsp3) is 0.263. The van der Waals surface area contributed by atoms with Crippen LogP contribution in [0.3, 0.4) is 0 Å². The molecule has 0 radical (unpaired) electrons. The van der Waals surface area contributed by atoms with E-state index in [1.807, 2.05) is 24.0 Å². The van der Waals surface area contributed by atoms with E-state index in [1.165, 1.54) is 11.2 Å². The van der Waals surface area contributed by atoms with Crippen LogP contribution in [0.1, 0.15) is 34.1 Å². The van der Waals surface area contributed by atoms with E-state index in [1.54, 1.807) is 6.07 Å². The van der Waals surface area contributed by atoms with E-state index in [2.05, 4.69) is 16.5 Å². The van der Waals surface area contributed by atoms with E-state index in [-0.39, 0.29) is 35.6 Å². The zero-order valence-corrected chi connectivity index (χ0v) is 14.9. The van der Waals surface area contributed by atoms with Crippen LogP contribution in [-0.4, -0.2) is 41.4 Å². The number of rotatable bonds is 3. The molecule has 27 heavy (non-hydrogen) atoms. The van der Waals surface area contributed by atoms with Gasteiger partial charge in [0.05, 0.1) is 17.9 Å². The molecule has 8 heteroatoms. The smallest absolute Gasteiger partial charge is 0.267 e. The Labute approximate surface area is 156 Å². The van der Waals surface area contributed by atoms with Crippen LogP contribution in [-0.2, 0) is 0 Å². The number of carbonyl (C=O) groups excluding carboxylic acids is 2. The van der Waals surface area contributed by atoms with Gasteiger partial charge in [-0.1, -0.05) is 13.5 Å². The number of nitrogens with zero attached hydrogens (tertiary/aromatic N) is 4. The monoisotopic (exact) mass is 365 g/mol. The quantitative estimate of drug-likeness (QED) is 0.830. The summed E-state index contributed by atoms with van der Waals surface area (Å²) in [4.78, 5) is 37.0. The lowest BCUT2D eigenvalue weighted by molar-refractivity contribution is 0.0988. The van der Waals surface area contributed by atoms with Crippen LogP contribution in [0.2, 0.25) is 0 Å². The third-order valence-corrected chi connectivity index (χ3v) is 4.72. The topological polar surface area (TPSA) is 102 Å². The molecule has 8 nitrogen and oxygen atoms in total. The van der Waals surface area contributed by atoms with Crippen LogP contribution < -0.4 is 20.3 Å². The first kappa shape index (κ1) is 17.0. The largest absolute Gasteiger partial charge is 0.475 e. The molecule has 3 heterocycles. The highest BCUT2D eigenvalue weighted by Gasteiger charge is 2.33. The number of fused-ring (bicyclic) bond motifs is 2. The van der Waals surface area contributed by atoms with Gasteiger partial charge in [0.25, 0.3) is 5.91 Å². The third-order valence-electron chi connectivity index (χ3n) is 4.72. The number of anilines is 3. The van der Waals surface area contributed by atoms with Crippen molar-refractivity contribution in [2.75, 3.05) is 35.2 Å². The number of ether oxygens (including phenoxy) is 1.